The zero-order valence-electron chi connectivity index (χ0n) is 14.6. The molecular formula is C19H15F4NO4. The molecule has 0 unspecified atom stereocenters. The van der Waals surface area contributed by atoms with Crippen molar-refractivity contribution in [1.82, 2.24) is 5.32 Å². The molecule has 0 bridgehead atoms. The van der Waals surface area contributed by atoms with Crippen molar-refractivity contribution >= 4 is 11.9 Å². The van der Waals surface area contributed by atoms with Crippen LogP contribution in [0.15, 0.2) is 36.4 Å². The van der Waals surface area contributed by atoms with E-state index in [1.807, 2.05) is 0 Å². The van der Waals surface area contributed by atoms with E-state index >= 15 is 0 Å². The van der Waals surface area contributed by atoms with Crippen LogP contribution in [0.25, 0.3) is 0 Å². The second kappa shape index (κ2) is 7.49. The number of rotatable bonds is 4. The molecule has 1 atom stereocenters. The maximum Gasteiger partial charge on any atom is 0.416 e. The summed E-state index contributed by atoms with van der Waals surface area (Å²) in [4.78, 5) is 23.7. The van der Waals surface area contributed by atoms with Gasteiger partial charge in [-0.3, -0.25) is 4.79 Å². The van der Waals surface area contributed by atoms with Crippen LogP contribution in [0.2, 0.25) is 0 Å². The molecule has 3 rings (SSSR count). The van der Waals surface area contributed by atoms with Gasteiger partial charge < -0.3 is 14.8 Å². The van der Waals surface area contributed by atoms with Crippen LogP contribution >= 0.6 is 0 Å². The molecule has 0 aromatic heterocycles. The van der Waals surface area contributed by atoms with Gasteiger partial charge in [0.1, 0.15) is 17.7 Å². The van der Waals surface area contributed by atoms with Crippen molar-refractivity contribution in [2.75, 3.05) is 13.7 Å². The Morgan fingerprint density at radius 2 is 1.93 bits per heavy atom. The van der Waals surface area contributed by atoms with E-state index in [4.69, 9.17) is 4.74 Å². The van der Waals surface area contributed by atoms with Gasteiger partial charge in [-0.05, 0) is 42.0 Å². The summed E-state index contributed by atoms with van der Waals surface area (Å²) in [5.41, 5.74) is -0.574. The minimum Gasteiger partial charge on any atom is -0.488 e. The zero-order chi connectivity index (χ0) is 20.5. The van der Waals surface area contributed by atoms with E-state index in [0.717, 1.165) is 11.6 Å². The zero-order valence-corrected chi connectivity index (χ0v) is 14.6. The topological polar surface area (TPSA) is 64.6 Å². The molecular weight excluding hydrogens is 382 g/mol. The van der Waals surface area contributed by atoms with Gasteiger partial charge in [0.05, 0.1) is 24.8 Å². The predicted molar refractivity (Wildman–Crippen MR) is 89.6 cm³/mol. The quantitative estimate of drug-likeness (QED) is 0.635. The first-order chi connectivity index (χ1) is 13.2. The van der Waals surface area contributed by atoms with Gasteiger partial charge in [-0.25, -0.2) is 9.18 Å². The number of ether oxygens (including phenoxy) is 2. The number of carbonyl (C=O) groups is 2. The number of amides is 1. The van der Waals surface area contributed by atoms with E-state index in [9.17, 15) is 27.2 Å². The highest BCUT2D eigenvalue weighted by Crippen LogP contribution is 2.31. The second-order valence-electron chi connectivity index (χ2n) is 6.19. The van der Waals surface area contributed by atoms with Gasteiger partial charge >= 0.3 is 12.1 Å². The van der Waals surface area contributed by atoms with E-state index in [1.165, 1.54) is 13.2 Å². The number of hydrogen-bond acceptors (Lipinski definition) is 4. The summed E-state index contributed by atoms with van der Waals surface area (Å²) in [6, 6.07) is 6.41. The Morgan fingerprint density at radius 3 is 2.61 bits per heavy atom. The van der Waals surface area contributed by atoms with Crippen LogP contribution < -0.4 is 10.1 Å². The molecule has 0 spiro atoms. The highest BCUT2D eigenvalue weighted by molar-refractivity contribution is 5.94. The predicted octanol–water partition coefficient (Wildman–Crippen LogP) is 3.36. The summed E-state index contributed by atoms with van der Waals surface area (Å²) in [6.07, 6.45) is -4.84. The van der Waals surface area contributed by atoms with Crippen LogP contribution in [0, 0.1) is 5.82 Å². The number of halogens is 4. The molecule has 28 heavy (non-hydrogen) atoms. The first-order valence-corrected chi connectivity index (χ1v) is 8.21. The average Bonchev–Trinajstić information content (AvgIpc) is 3.06. The summed E-state index contributed by atoms with van der Waals surface area (Å²) in [5, 5.41) is 2.44. The standard InChI is InChI=1S/C19H15F4NO4/c1-27-18(26)10-2-3-16-11(4-10)7-15(28-16)9-24-17(25)12-5-13(19(21,22)23)8-14(20)6-12/h2-6,8,15H,7,9H2,1H3,(H,24,25)/t15-/m0/s1. The van der Waals surface area contributed by atoms with Crippen molar-refractivity contribution in [3.05, 3.63) is 64.5 Å². The van der Waals surface area contributed by atoms with Gasteiger partial charge in [0.2, 0.25) is 0 Å². The Labute approximate surface area is 157 Å². The Hall–Kier alpha value is -3.10. The normalized spacial score (nSPS) is 15.5. The average molecular weight is 397 g/mol. The van der Waals surface area contributed by atoms with Crippen molar-refractivity contribution < 1.29 is 36.6 Å². The summed E-state index contributed by atoms with van der Waals surface area (Å²) < 4.78 is 62.0. The first-order valence-electron chi connectivity index (χ1n) is 8.21. The molecule has 1 N–H and O–H groups in total. The van der Waals surface area contributed by atoms with Crippen molar-refractivity contribution in [2.24, 2.45) is 0 Å². The number of methoxy groups -OCH3 is 1. The van der Waals surface area contributed by atoms with Crippen LogP contribution in [0.1, 0.15) is 31.8 Å². The van der Waals surface area contributed by atoms with E-state index < -0.39 is 41.1 Å². The number of esters is 1. The third-order valence-electron chi connectivity index (χ3n) is 4.20. The molecule has 0 saturated carbocycles. The molecule has 5 nitrogen and oxygen atoms in total. The molecule has 0 fully saturated rings. The number of carbonyl (C=O) groups excluding carboxylic acids is 2. The minimum atomic E-state index is -4.76. The maximum absolute atomic E-state index is 13.4. The SMILES string of the molecule is COC(=O)c1ccc2c(c1)C[C@@H](CNC(=O)c1cc(F)cc(C(F)(F)F)c1)O2. The molecule has 1 aliphatic heterocycles. The summed E-state index contributed by atoms with van der Waals surface area (Å²) in [7, 11) is 1.26. The van der Waals surface area contributed by atoms with Crippen molar-refractivity contribution in [1.29, 1.82) is 0 Å². The number of alkyl halides is 3. The Bertz CT molecular complexity index is 927. The fourth-order valence-corrected chi connectivity index (χ4v) is 2.87. The Morgan fingerprint density at radius 1 is 1.18 bits per heavy atom. The minimum absolute atomic E-state index is 0.00106. The lowest BCUT2D eigenvalue weighted by molar-refractivity contribution is -0.137. The van der Waals surface area contributed by atoms with Gasteiger partial charge in [0, 0.05) is 12.0 Å². The Balaban J connectivity index is 1.64. The molecule has 0 saturated heterocycles. The van der Waals surface area contributed by atoms with Gasteiger partial charge in [-0.2, -0.15) is 13.2 Å². The smallest absolute Gasteiger partial charge is 0.416 e. The highest BCUT2D eigenvalue weighted by Gasteiger charge is 2.32. The Kier molecular flexibility index (Phi) is 5.26. The van der Waals surface area contributed by atoms with E-state index in [0.29, 0.717) is 29.9 Å². The molecule has 2 aromatic carbocycles. The van der Waals surface area contributed by atoms with Gasteiger partial charge in [-0.1, -0.05) is 0 Å². The van der Waals surface area contributed by atoms with Gasteiger partial charge in [0.15, 0.2) is 0 Å². The lowest BCUT2D eigenvalue weighted by atomic mass is 10.1. The lowest BCUT2D eigenvalue weighted by Crippen LogP contribution is -2.34. The number of hydrogen-bond donors (Lipinski definition) is 1. The maximum atomic E-state index is 13.4. The van der Waals surface area contributed by atoms with E-state index in [1.54, 1.807) is 12.1 Å². The van der Waals surface area contributed by atoms with Gasteiger partial charge in [-0.15, -0.1) is 0 Å². The number of benzene rings is 2. The van der Waals surface area contributed by atoms with Crippen LogP contribution in [0.4, 0.5) is 17.6 Å². The first kappa shape index (κ1) is 19.7. The fourth-order valence-electron chi connectivity index (χ4n) is 2.87. The monoisotopic (exact) mass is 397 g/mol. The van der Waals surface area contributed by atoms with E-state index in [2.05, 4.69) is 10.1 Å². The van der Waals surface area contributed by atoms with Crippen LogP contribution in [-0.4, -0.2) is 31.6 Å². The summed E-state index contributed by atoms with van der Waals surface area (Å²) in [5.74, 6) is -1.96. The molecule has 1 heterocycles. The van der Waals surface area contributed by atoms with Crippen molar-refractivity contribution in [2.45, 2.75) is 18.7 Å². The second-order valence-corrected chi connectivity index (χ2v) is 6.19. The molecule has 0 radical (unpaired) electrons. The van der Waals surface area contributed by atoms with Crippen molar-refractivity contribution in [3.63, 3.8) is 0 Å². The van der Waals surface area contributed by atoms with Gasteiger partial charge in [0.25, 0.3) is 5.91 Å². The van der Waals surface area contributed by atoms with Crippen molar-refractivity contribution in [3.8, 4) is 5.75 Å². The molecule has 1 amide bonds. The largest absolute Gasteiger partial charge is 0.488 e. The molecule has 0 aliphatic carbocycles. The fraction of sp³-hybridized carbons (Fsp3) is 0.263. The number of fused-ring (bicyclic) bond motifs is 1. The van der Waals surface area contributed by atoms with E-state index in [-0.39, 0.29) is 6.54 Å². The van der Waals surface area contributed by atoms with Crippen LogP contribution in [0.3, 0.4) is 0 Å². The van der Waals surface area contributed by atoms with Crippen LogP contribution in [0.5, 0.6) is 5.75 Å². The number of nitrogens with one attached hydrogen (secondary N) is 1. The third-order valence-corrected chi connectivity index (χ3v) is 4.20. The third kappa shape index (κ3) is 4.24. The molecule has 2 aromatic rings. The molecule has 148 valence electrons. The highest BCUT2D eigenvalue weighted by atomic mass is 19.4. The lowest BCUT2D eigenvalue weighted by Gasteiger charge is -2.13. The summed E-state index contributed by atoms with van der Waals surface area (Å²) in [6.45, 7) is -0.00106. The molecule has 1 aliphatic rings. The van der Waals surface area contributed by atoms with Crippen LogP contribution in [-0.2, 0) is 17.3 Å². The molecule has 9 heteroatoms. The summed E-state index contributed by atoms with van der Waals surface area (Å²) >= 11 is 0.